The molecule has 3 heterocycles. The van der Waals surface area contributed by atoms with E-state index in [4.69, 9.17) is 15.5 Å². The van der Waals surface area contributed by atoms with Gasteiger partial charge in [0.15, 0.2) is 5.96 Å². The number of anilines is 1. The number of halogens is 2. The topological polar surface area (TPSA) is 104 Å². The minimum Gasteiger partial charge on any atom is -0.382 e. The minimum absolute atomic E-state index is 0. The number of hydrogen-bond donors (Lipinski definition) is 2. The molecule has 0 amide bonds. The number of likely N-dealkylation sites (tertiary alicyclic amines) is 1. The van der Waals surface area contributed by atoms with Crippen LogP contribution in [0.25, 0.3) is 5.69 Å². The summed E-state index contributed by atoms with van der Waals surface area (Å²) in [5, 5.41) is 17.5. The maximum absolute atomic E-state index is 13.2. The van der Waals surface area contributed by atoms with Crippen LogP contribution >= 0.6 is 24.0 Å². The first kappa shape index (κ1) is 25.2. The Bertz CT molecular complexity index is 1010. The monoisotopic (exact) mass is 567 g/mol. The van der Waals surface area contributed by atoms with Crippen molar-refractivity contribution in [3.05, 3.63) is 41.3 Å². The number of hydrogen-bond acceptors (Lipinski definition) is 5. The lowest BCUT2D eigenvalue weighted by atomic mass is 9.87. The fraction of sp³-hybridized carbons (Fsp3) is 0.522. The number of nitrogens with one attached hydrogen (secondary N) is 1. The Morgan fingerprint density at radius 3 is 2.82 bits per heavy atom. The summed E-state index contributed by atoms with van der Waals surface area (Å²) in [7, 11) is 0. The van der Waals surface area contributed by atoms with E-state index in [1.165, 1.54) is 16.8 Å². The van der Waals surface area contributed by atoms with Gasteiger partial charge < -0.3 is 20.7 Å². The van der Waals surface area contributed by atoms with Crippen LogP contribution in [0.2, 0.25) is 0 Å². The van der Waals surface area contributed by atoms with Crippen LogP contribution in [0.1, 0.15) is 37.4 Å². The van der Waals surface area contributed by atoms with Gasteiger partial charge in [0, 0.05) is 38.2 Å². The number of aromatic nitrogens is 2. The average molecular weight is 567 g/mol. The van der Waals surface area contributed by atoms with Gasteiger partial charge in [0.2, 0.25) is 0 Å². The Hall–Kier alpha value is -2.39. The Kier molecular flexibility index (Phi) is 8.53. The Morgan fingerprint density at radius 1 is 1.36 bits per heavy atom. The largest absolute Gasteiger partial charge is 0.382 e. The molecular weight excluding hydrogens is 536 g/mol. The predicted octanol–water partition coefficient (Wildman–Crippen LogP) is 3.09. The highest BCUT2D eigenvalue weighted by atomic mass is 127. The molecule has 2 aromatic rings. The van der Waals surface area contributed by atoms with Crippen LogP contribution in [-0.4, -0.2) is 60.0 Å². The van der Waals surface area contributed by atoms with Gasteiger partial charge in [-0.1, -0.05) is 0 Å². The standard InChI is InChI=1S/C23H30FN7O.HI/c1-2-27-22(30-12-9-23(15-30)10-13-32-16-23)28-11-3-4-20-19(14-25)21(26)31(29-20)18-7-5-17(24)6-8-18;/h5-8H,2-4,9-13,15-16,26H2,1H3,(H,27,28);1H. The molecule has 2 aliphatic heterocycles. The molecule has 0 bridgehead atoms. The molecule has 1 spiro atoms. The molecule has 1 aromatic heterocycles. The Labute approximate surface area is 211 Å². The Balaban J connectivity index is 0.00000306. The molecular formula is C23H31FIN7O. The fourth-order valence-electron chi connectivity index (χ4n) is 4.50. The van der Waals surface area contributed by atoms with Crippen molar-refractivity contribution in [2.75, 3.05) is 45.1 Å². The van der Waals surface area contributed by atoms with Crippen molar-refractivity contribution in [2.45, 2.75) is 32.6 Å². The normalized spacial score (nSPS) is 20.2. The van der Waals surface area contributed by atoms with E-state index in [0.29, 0.717) is 29.9 Å². The van der Waals surface area contributed by atoms with Crippen LogP contribution in [0.3, 0.4) is 0 Å². The van der Waals surface area contributed by atoms with Gasteiger partial charge in [0.25, 0.3) is 0 Å². The fourth-order valence-corrected chi connectivity index (χ4v) is 4.50. The van der Waals surface area contributed by atoms with E-state index in [-0.39, 0.29) is 41.0 Å². The average Bonchev–Trinajstić information content (AvgIpc) is 3.51. The van der Waals surface area contributed by atoms with Crippen molar-refractivity contribution in [1.82, 2.24) is 20.0 Å². The van der Waals surface area contributed by atoms with E-state index in [2.05, 4.69) is 28.3 Å². The zero-order chi connectivity index (χ0) is 22.6. The number of nitrogen functional groups attached to an aromatic ring is 1. The van der Waals surface area contributed by atoms with Crippen molar-refractivity contribution < 1.29 is 9.13 Å². The van der Waals surface area contributed by atoms with E-state index >= 15 is 0 Å². The maximum atomic E-state index is 13.2. The van der Waals surface area contributed by atoms with Crippen LogP contribution in [0, 0.1) is 22.6 Å². The van der Waals surface area contributed by atoms with Crippen LogP contribution < -0.4 is 11.1 Å². The lowest BCUT2D eigenvalue weighted by Gasteiger charge is -2.25. The Morgan fingerprint density at radius 2 is 2.15 bits per heavy atom. The zero-order valence-corrected chi connectivity index (χ0v) is 21.2. The molecule has 3 N–H and O–H groups in total. The first-order valence-corrected chi connectivity index (χ1v) is 11.2. The molecule has 8 nitrogen and oxygen atoms in total. The number of guanidine groups is 1. The number of rotatable bonds is 6. The van der Waals surface area contributed by atoms with Gasteiger partial charge in [0.05, 0.1) is 18.0 Å². The van der Waals surface area contributed by atoms with E-state index < -0.39 is 0 Å². The van der Waals surface area contributed by atoms with Gasteiger partial charge >= 0.3 is 0 Å². The van der Waals surface area contributed by atoms with Crippen molar-refractivity contribution in [3.8, 4) is 11.8 Å². The van der Waals surface area contributed by atoms with Gasteiger partial charge in [-0.3, -0.25) is 4.99 Å². The van der Waals surface area contributed by atoms with E-state index in [9.17, 15) is 9.65 Å². The summed E-state index contributed by atoms with van der Waals surface area (Å²) in [6.45, 7) is 7.19. The zero-order valence-electron chi connectivity index (χ0n) is 18.9. The third-order valence-electron chi connectivity index (χ3n) is 6.27. The summed E-state index contributed by atoms with van der Waals surface area (Å²) >= 11 is 0. The van der Waals surface area contributed by atoms with Crippen molar-refractivity contribution in [2.24, 2.45) is 10.4 Å². The summed E-state index contributed by atoms with van der Waals surface area (Å²) < 4.78 is 20.4. The molecule has 2 fully saturated rings. The number of nitrogens with two attached hydrogens (primary N) is 1. The minimum atomic E-state index is -0.334. The molecule has 2 saturated heterocycles. The second-order valence-corrected chi connectivity index (χ2v) is 8.52. The molecule has 178 valence electrons. The first-order chi connectivity index (χ1) is 15.5. The summed E-state index contributed by atoms with van der Waals surface area (Å²) in [4.78, 5) is 7.15. The highest BCUT2D eigenvalue weighted by Gasteiger charge is 2.42. The molecule has 0 radical (unpaired) electrons. The molecule has 0 aliphatic carbocycles. The van der Waals surface area contributed by atoms with Crippen LogP contribution in [0.5, 0.6) is 0 Å². The van der Waals surface area contributed by atoms with E-state index in [1.807, 2.05) is 0 Å². The van der Waals surface area contributed by atoms with Gasteiger partial charge in [-0.25, -0.2) is 9.07 Å². The third-order valence-corrected chi connectivity index (χ3v) is 6.27. The number of nitrogens with zero attached hydrogens (tertiary/aromatic N) is 5. The lowest BCUT2D eigenvalue weighted by Crippen LogP contribution is -2.41. The summed E-state index contributed by atoms with van der Waals surface area (Å²) in [5.74, 6) is 0.874. The molecule has 0 saturated carbocycles. The SMILES string of the molecule is CCNC(=NCCCc1nn(-c2ccc(F)cc2)c(N)c1C#N)N1CCC2(CCOC2)C1.I. The second-order valence-electron chi connectivity index (χ2n) is 8.52. The third kappa shape index (κ3) is 5.58. The van der Waals surface area contributed by atoms with Gasteiger partial charge in [-0.05, 0) is 56.9 Å². The van der Waals surface area contributed by atoms with Gasteiger partial charge in [-0.15, -0.1) is 24.0 Å². The summed E-state index contributed by atoms with van der Waals surface area (Å²) in [6.07, 6.45) is 3.59. The predicted molar refractivity (Wildman–Crippen MR) is 136 cm³/mol. The maximum Gasteiger partial charge on any atom is 0.193 e. The molecule has 2 aliphatic rings. The summed E-state index contributed by atoms with van der Waals surface area (Å²) in [6, 6.07) is 8.03. The number of benzene rings is 1. The number of ether oxygens (including phenoxy) is 1. The quantitative estimate of drug-likeness (QED) is 0.241. The van der Waals surface area contributed by atoms with Crippen molar-refractivity contribution in [3.63, 3.8) is 0 Å². The molecule has 33 heavy (non-hydrogen) atoms. The highest BCUT2D eigenvalue weighted by molar-refractivity contribution is 14.0. The van der Waals surface area contributed by atoms with Crippen LogP contribution in [-0.2, 0) is 11.2 Å². The van der Waals surface area contributed by atoms with Crippen molar-refractivity contribution >= 4 is 35.8 Å². The van der Waals surface area contributed by atoms with Gasteiger partial charge in [0.1, 0.15) is 23.3 Å². The second kappa shape index (κ2) is 11.2. The van der Waals surface area contributed by atoms with Crippen LogP contribution in [0.4, 0.5) is 10.2 Å². The van der Waals surface area contributed by atoms with E-state index in [1.54, 1.807) is 12.1 Å². The molecule has 1 unspecified atom stereocenters. The smallest absolute Gasteiger partial charge is 0.193 e. The highest BCUT2D eigenvalue weighted by Crippen LogP contribution is 2.38. The molecule has 1 atom stereocenters. The lowest BCUT2D eigenvalue weighted by molar-refractivity contribution is 0.156. The number of aliphatic imine (C=N–C) groups is 1. The molecule has 1 aromatic carbocycles. The van der Waals surface area contributed by atoms with Gasteiger partial charge in [-0.2, -0.15) is 10.4 Å². The van der Waals surface area contributed by atoms with E-state index in [0.717, 1.165) is 58.1 Å². The molecule has 4 rings (SSSR count). The molecule has 10 heteroatoms. The number of nitriles is 1. The number of aryl methyl sites for hydroxylation is 1. The first-order valence-electron chi connectivity index (χ1n) is 11.2. The van der Waals surface area contributed by atoms with Crippen molar-refractivity contribution in [1.29, 1.82) is 5.26 Å². The van der Waals surface area contributed by atoms with Crippen LogP contribution in [0.15, 0.2) is 29.3 Å². The summed E-state index contributed by atoms with van der Waals surface area (Å²) in [5.41, 5.74) is 8.05.